The lowest BCUT2D eigenvalue weighted by Crippen LogP contribution is -2.11. The van der Waals surface area contributed by atoms with Gasteiger partial charge in [0.1, 0.15) is 0 Å². The monoisotopic (exact) mass is 331 g/mol. The van der Waals surface area contributed by atoms with Crippen molar-refractivity contribution in [3.05, 3.63) is 93.5 Å². The second-order valence-electron chi connectivity index (χ2n) is 5.97. The highest BCUT2D eigenvalue weighted by molar-refractivity contribution is 7.17. The van der Waals surface area contributed by atoms with E-state index in [4.69, 9.17) is 0 Å². The number of thiophene rings is 1. The van der Waals surface area contributed by atoms with Gasteiger partial charge in [0.05, 0.1) is 15.9 Å². The predicted octanol–water partition coefficient (Wildman–Crippen LogP) is 5.09. The van der Waals surface area contributed by atoms with Crippen LogP contribution in [0.4, 0.5) is 0 Å². The Labute approximate surface area is 144 Å². The molecule has 2 aromatic carbocycles. The zero-order valence-electron chi connectivity index (χ0n) is 13.4. The quantitative estimate of drug-likeness (QED) is 0.513. The van der Waals surface area contributed by atoms with E-state index in [9.17, 15) is 4.79 Å². The fourth-order valence-electron chi connectivity index (χ4n) is 2.99. The normalized spacial score (nSPS) is 11.0. The molecule has 0 aliphatic carbocycles. The summed E-state index contributed by atoms with van der Waals surface area (Å²) >= 11 is 1.51. The van der Waals surface area contributed by atoms with Crippen LogP contribution in [0, 0.1) is 6.92 Å². The highest BCUT2D eigenvalue weighted by Gasteiger charge is 2.12. The van der Waals surface area contributed by atoms with Gasteiger partial charge in [-0.05, 0) is 29.5 Å². The number of aromatic nitrogens is 1. The lowest BCUT2D eigenvalue weighted by molar-refractivity contribution is 0.835. The van der Waals surface area contributed by atoms with Crippen molar-refractivity contribution in [3.8, 4) is 11.3 Å². The zero-order chi connectivity index (χ0) is 16.5. The van der Waals surface area contributed by atoms with E-state index in [-0.39, 0.29) is 5.43 Å². The summed E-state index contributed by atoms with van der Waals surface area (Å²) in [6.07, 6.45) is 0. The molecule has 0 saturated heterocycles. The molecule has 4 rings (SSSR count). The maximum atomic E-state index is 12.5. The molecule has 0 bridgehead atoms. The zero-order valence-corrected chi connectivity index (χ0v) is 14.2. The number of fused-ring (bicyclic) bond motifs is 1. The van der Waals surface area contributed by atoms with E-state index in [1.54, 1.807) is 6.07 Å². The van der Waals surface area contributed by atoms with Gasteiger partial charge in [0, 0.05) is 12.6 Å². The molecule has 0 N–H and O–H groups in total. The van der Waals surface area contributed by atoms with Crippen LogP contribution in [0.3, 0.4) is 0 Å². The van der Waals surface area contributed by atoms with E-state index in [1.807, 2.05) is 29.6 Å². The molecule has 2 aromatic heterocycles. The molecule has 2 nitrogen and oxygen atoms in total. The number of rotatable bonds is 3. The molecule has 0 amide bonds. The fraction of sp³-hybridized carbons (Fsp3) is 0.0952. The predicted molar refractivity (Wildman–Crippen MR) is 102 cm³/mol. The van der Waals surface area contributed by atoms with Gasteiger partial charge >= 0.3 is 0 Å². The van der Waals surface area contributed by atoms with Crippen LogP contribution >= 0.6 is 11.3 Å². The van der Waals surface area contributed by atoms with Gasteiger partial charge in [-0.15, -0.1) is 11.3 Å². The summed E-state index contributed by atoms with van der Waals surface area (Å²) in [4.78, 5) is 12.5. The summed E-state index contributed by atoms with van der Waals surface area (Å²) in [7, 11) is 0. The van der Waals surface area contributed by atoms with Crippen molar-refractivity contribution < 1.29 is 0 Å². The van der Waals surface area contributed by atoms with Crippen molar-refractivity contribution >= 4 is 21.6 Å². The van der Waals surface area contributed by atoms with E-state index < -0.39 is 0 Å². The van der Waals surface area contributed by atoms with Crippen LogP contribution < -0.4 is 5.43 Å². The Balaban J connectivity index is 1.94. The lowest BCUT2D eigenvalue weighted by atomic mass is 10.1. The SMILES string of the molecule is Cc1ccc(Cn2c(-c3ccccc3)cc(=O)c3sccc32)cc1. The highest BCUT2D eigenvalue weighted by Crippen LogP contribution is 2.26. The molecular weight excluding hydrogens is 314 g/mol. The Hall–Kier alpha value is -2.65. The maximum Gasteiger partial charge on any atom is 0.199 e. The summed E-state index contributed by atoms with van der Waals surface area (Å²) in [6.45, 7) is 2.84. The summed E-state index contributed by atoms with van der Waals surface area (Å²) < 4.78 is 3.06. The molecule has 0 radical (unpaired) electrons. The highest BCUT2D eigenvalue weighted by atomic mass is 32.1. The van der Waals surface area contributed by atoms with Crippen molar-refractivity contribution in [2.45, 2.75) is 13.5 Å². The van der Waals surface area contributed by atoms with Crippen molar-refractivity contribution in [2.24, 2.45) is 0 Å². The summed E-state index contributed by atoms with van der Waals surface area (Å²) in [5.41, 5.74) is 5.62. The fourth-order valence-corrected chi connectivity index (χ4v) is 3.80. The third-order valence-corrected chi connectivity index (χ3v) is 5.17. The van der Waals surface area contributed by atoms with Gasteiger partial charge in [-0.2, -0.15) is 0 Å². The maximum absolute atomic E-state index is 12.5. The number of aryl methyl sites for hydroxylation is 1. The Morgan fingerprint density at radius 1 is 0.958 bits per heavy atom. The smallest absolute Gasteiger partial charge is 0.199 e. The van der Waals surface area contributed by atoms with Gasteiger partial charge in [0.2, 0.25) is 0 Å². The van der Waals surface area contributed by atoms with Crippen molar-refractivity contribution in [3.63, 3.8) is 0 Å². The average molecular weight is 331 g/mol. The number of hydrogen-bond acceptors (Lipinski definition) is 2. The number of nitrogens with zero attached hydrogens (tertiary/aromatic N) is 1. The van der Waals surface area contributed by atoms with Gasteiger partial charge in [-0.1, -0.05) is 60.2 Å². The molecule has 3 heteroatoms. The first-order valence-electron chi connectivity index (χ1n) is 7.94. The van der Waals surface area contributed by atoms with Crippen LogP contribution in [0.25, 0.3) is 21.5 Å². The number of hydrogen-bond donors (Lipinski definition) is 0. The van der Waals surface area contributed by atoms with E-state index in [2.05, 4.69) is 47.9 Å². The van der Waals surface area contributed by atoms with E-state index in [1.165, 1.54) is 22.5 Å². The van der Waals surface area contributed by atoms with Crippen LogP contribution in [-0.2, 0) is 6.54 Å². The summed E-state index contributed by atoms with van der Waals surface area (Å²) in [5, 5.41) is 1.99. The lowest BCUT2D eigenvalue weighted by Gasteiger charge is -2.16. The first-order valence-corrected chi connectivity index (χ1v) is 8.82. The van der Waals surface area contributed by atoms with E-state index >= 15 is 0 Å². The topological polar surface area (TPSA) is 22.0 Å². The number of pyridine rings is 1. The molecule has 24 heavy (non-hydrogen) atoms. The Morgan fingerprint density at radius 3 is 2.46 bits per heavy atom. The molecule has 0 atom stereocenters. The molecular formula is C21H17NOS. The van der Waals surface area contributed by atoms with Crippen LogP contribution in [0.1, 0.15) is 11.1 Å². The molecule has 2 heterocycles. The summed E-state index contributed by atoms with van der Waals surface area (Å²) in [6, 6.07) is 22.5. The molecule has 0 unspecified atom stereocenters. The van der Waals surface area contributed by atoms with E-state index in [0.717, 1.165) is 28.0 Å². The molecule has 0 fully saturated rings. The minimum Gasteiger partial charge on any atom is -0.335 e. The van der Waals surface area contributed by atoms with Crippen molar-refractivity contribution in [1.29, 1.82) is 0 Å². The Kier molecular flexibility index (Phi) is 3.79. The second-order valence-corrected chi connectivity index (χ2v) is 6.88. The molecule has 0 aliphatic heterocycles. The Morgan fingerprint density at radius 2 is 1.71 bits per heavy atom. The van der Waals surface area contributed by atoms with Crippen molar-refractivity contribution in [2.75, 3.05) is 0 Å². The van der Waals surface area contributed by atoms with Gasteiger partial charge in [0.15, 0.2) is 5.43 Å². The molecule has 0 aliphatic rings. The molecule has 0 spiro atoms. The van der Waals surface area contributed by atoms with Crippen LogP contribution in [0.2, 0.25) is 0 Å². The molecule has 4 aromatic rings. The second kappa shape index (κ2) is 6.10. The largest absolute Gasteiger partial charge is 0.335 e. The molecule has 0 saturated carbocycles. The number of benzene rings is 2. The van der Waals surface area contributed by atoms with Crippen LogP contribution in [0.15, 0.2) is 76.9 Å². The van der Waals surface area contributed by atoms with Gasteiger partial charge in [-0.25, -0.2) is 0 Å². The third-order valence-electron chi connectivity index (χ3n) is 4.25. The first-order chi connectivity index (χ1) is 11.7. The molecule has 118 valence electrons. The van der Waals surface area contributed by atoms with Crippen molar-refractivity contribution in [1.82, 2.24) is 4.57 Å². The first kappa shape index (κ1) is 14.9. The Bertz CT molecular complexity index is 1040. The minimum absolute atomic E-state index is 0.0963. The van der Waals surface area contributed by atoms with E-state index in [0.29, 0.717) is 0 Å². The third kappa shape index (κ3) is 2.68. The average Bonchev–Trinajstić information content (AvgIpc) is 3.10. The minimum atomic E-state index is 0.0963. The van der Waals surface area contributed by atoms with Gasteiger partial charge in [-0.3, -0.25) is 4.79 Å². The van der Waals surface area contributed by atoms with Gasteiger partial charge in [0.25, 0.3) is 0 Å². The standard InChI is InChI=1S/C21H17NOS/c1-15-7-9-16(10-8-15)14-22-18-11-12-24-21(18)20(23)13-19(22)17-5-3-2-4-6-17/h2-13H,14H2,1H3. The van der Waals surface area contributed by atoms with Crippen LogP contribution in [-0.4, -0.2) is 4.57 Å². The van der Waals surface area contributed by atoms with Crippen LogP contribution in [0.5, 0.6) is 0 Å². The summed E-state index contributed by atoms with van der Waals surface area (Å²) in [5.74, 6) is 0. The van der Waals surface area contributed by atoms with Gasteiger partial charge < -0.3 is 4.57 Å².